The third-order valence-corrected chi connectivity index (χ3v) is 3.13. The lowest BCUT2D eigenvalue weighted by Gasteiger charge is -2.09. The Hall–Kier alpha value is -2.68. The van der Waals surface area contributed by atoms with Gasteiger partial charge in [-0.3, -0.25) is 9.78 Å². The highest BCUT2D eigenvalue weighted by molar-refractivity contribution is 7.81. The lowest BCUT2D eigenvalue weighted by Crippen LogP contribution is -2.15. The van der Waals surface area contributed by atoms with Crippen molar-refractivity contribution in [3.63, 3.8) is 0 Å². The molecule has 7 nitrogen and oxygen atoms in total. The minimum atomic E-state index is -5.15. The van der Waals surface area contributed by atoms with Crippen LogP contribution in [0.3, 0.4) is 0 Å². The Morgan fingerprint density at radius 1 is 1.30 bits per heavy atom. The van der Waals surface area contributed by atoms with Crippen LogP contribution in [-0.4, -0.2) is 26.4 Å². The highest BCUT2D eigenvalue weighted by Gasteiger charge is 2.12. The number of pyridine rings is 1. The summed E-state index contributed by atoms with van der Waals surface area (Å²) in [5.41, 5.74) is 0.852. The van der Waals surface area contributed by atoms with Crippen molar-refractivity contribution in [2.24, 2.45) is 0 Å². The van der Waals surface area contributed by atoms with E-state index < -0.39 is 10.5 Å². The minimum absolute atomic E-state index is 0.0382. The number of nitrogens with one attached hydrogen (secondary N) is 1. The van der Waals surface area contributed by atoms with Crippen molar-refractivity contribution in [1.82, 2.24) is 4.98 Å². The second kappa shape index (κ2) is 7.05. The number of aromatic nitrogens is 1. The molecule has 1 aromatic heterocycles. The van der Waals surface area contributed by atoms with E-state index in [4.69, 9.17) is 4.74 Å². The summed E-state index contributed by atoms with van der Waals surface area (Å²) < 4.78 is 42.5. The van der Waals surface area contributed by atoms with Crippen LogP contribution in [0.1, 0.15) is 5.56 Å². The van der Waals surface area contributed by atoms with Crippen LogP contribution in [0.15, 0.2) is 42.7 Å². The molecule has 0 atom stereocenters. The molecule has 0 aliphatic rings. The van der Waals surface area contributed by atoms with E-state index in [-0.39, 0.29) is 23.8 Å². The maximum absolute atomic E-state index is 12.5. The Morgan fingerprint density at radius 3 is 2.74 bits per heavy atom. The zero-order valence-electron chi connectivity index (χ0n) is 12.0. The van der Waals surface area contributed by atoms with E-state index in [9.17, 15) is 17.1 Å². The van der Waals surface area contributed by atoms with Crippen molar-refractivity contribution in [3.8, 4) is 11.5 Å². The van der Waals surface area contributed by atoms with Gasteiger partial charge in [0.1, 0.15) is 5.75 Å². The molecule has 2 aromatic rings. The molecular weight excluding hydrogens is 327 g/mol. The number of methoxy groups -OCH3 is 1. The van der Waals surface area contributed by atoms with E-state index in [1.54, 1.807) is 24.3 Å². The monoisotopic (exact) mass is 340 g/mol. The van der Waals surface area contributed by atoms with Crippen LogP contribution in [0, 0.1) is 0 Å². The number of carbonyl (C=O) groups is 1. The van der Waals surface area contributed by atoms with Crippen molar-refractivity contribution in [2.45, 2.75) is 6.42 Å². The molecule has 0 radical (unpaired) electrons. The summed E-state index contributed by atoms with van der Waals surface area (Å²) in [4.78, 5) is 15.7. The van der Waals surface area contributed by atoms with Crippen molar-refractivity contribution < 1.29 is 26.0 Å². The molecule has 2 rings (SSSR count). The number of ether oxygens (including phenoxy) is 1. The molecule has 1 amide bonds. The first-order chi connectivity index (χ1) is 10.9. The van der Waals surface area contributed by atoms with E-state index in [0.717, 1.165) is 12.3 Å². The van der Waals surface area contributed by atoms with Gasteiger partial charge in [0.25, 0.3) is 0 Å². The standard InChI is InChI=1S/C14H13FN2O5S/c1-21-13-5-3-2-4-10(13)6-14(18)17-11-7-12(9-16-8-11)22-23(15,19)20/h2-5,7-9H,6H2,1H3,(H,17,18). The molecule has 0 fully saturated rings. The summed E-state index contributed by atoms with van der Waals surface area (Å²) in [6.45, 7) is 0. The maximum atomic E-state index is 12.5. The number of benzene rings is 1. The molecule has 0 aliphatic carbocycles. The lowest BCUT2D eigenvalue weighted by atomic mass is 10.1. The van der Waals surface area contributed by atoms with Gasteiger partial charge in [0.15, 0.2) is 5.75 Å². The van der Waals surface area contributed by atoms with Gasteiger partial charge in [-0.05, 0) is 6.07 Å². The number of para-hydroxylation sites is 1. The average molecular weight is 340 g/mol. The zero-order valence-corrected chi connectivity index (χ0v) is 12.8. The number of anilines is 1. The Kier molecular flexibility index (Phi) is 5.12. The van der Waals surface area contributed by atoms with Crippen molar-refractivity contribution in [2.75, 3.05) is 12.4 Å². The molecular formula is C14H13FN2O5S. The van der Waals surface area contributed by atoms with Gasteiger partial charge in [0.2, 0.25) is 5.91 Å². The number of hydrogen-bond donors (Lipinski definition) is 1. The van der Waals surface area contributed by atoms with Crippen LogP contribution in [0.5, 0.6) is 11.5 Å². The van der Waals surface area contributed by atoms with Gasteiger partial charge in [-0.2, -0.15) is 8.42 Å². The summed E-state index contributed by atoms with van der Waals surface area (Å²) in [5.74, 6) is -0.152. The smallest absolute Gasteiger partial charge is 0.488 e. The van der Waals surface area contributed by atoms with E-state index in [1.807, 2.05) is 0 Å². The first kappa shape index (κ1) is 16.7. The lowest BCUT2D eigenvalue weighted by molar-refractivity contribution is -0.115. The molecule has 9 heteroatoms. The highest BCUT2D eigenvalue weighted by atomic mass is 32.3. The van der Waals surface area contributed by atoms with Crippen molar-refractivity contribution in [1.29, 1.82) is 0 Å². The van der Waals surface area contributed by atoms with Crippen LogP contribution in [-0.2, 0) is 21.7 Å². The van der Waals surface area contributed by atoms with E-state index >= 15 is 0 Å². The predicted octanol–water partition coefficient (Wildman–Crippen LogP) is 1.86. The quantitative estimate of drug-likeness (QED) is 0.807. The molecule has 0 aliphatic heterocycles. The third kappa shape index (κ3) is 5.22. The number of carbonyl (C=O) groups excluding carboxylic acids is 1. The summed E-state index contributed by atoms with van der Waals surface area (Å²) in [7, 11) is -3.65. The second-order valence-electron chi connectivity index (χ2n) is 4.42. The van der Waals surface area contributed by atoms with Crippen LogP contribution >= 0.6 is 0 Å². The molecule has 0 saturated heterocycles. The molecule has 0 spiro atoms. The molecule has 1 N–H and O–H groups in total. The van der Waals surface area contributed by atoms with E-state index in [1.165, 1.54) is 13.3 Å². The highest BCUT2D eigenvalue weighted by Crippen LogP contribution is 2.20. The van der Waals surface area contributed by atoms with Crippen LogP contribution in [0.2, 0.25) is 0 Å². The number of hydrogen-bond acceptors (Lipinski definition) is 6. The zero-order chi connectivity index (χ0) is 16.9. The predicted molar refractivity (Wildman–Crippen MR) is 80.2 cm³/mol. The topological polar surface area (TPSA) is 94.6 Å². The summed E-state index contributed by atoms with van der Waals surface area (Å²) in [6.07, 6.45) is 2.32. The van der Waals surface area contributed by atoms with Crippen LogP contribution in [0.4, 0.5) is 9.57 Å². The fourth-order valence-corrected chi connectivity index (χ4v) is 2.20. The first-order valence-corrected chi connectivity index (χ1v) is 7.69. The Labute approximate surface area is 132 Å². The largest absolute Gasteiger partial charge is 0.496 e. The third-order valence-electron chi connectivity index (χ3n) is 2.74. The van der Waals surface area contributed by atoms with Gasteiger partial charge in [0.05, 0.1) is 31.6 Å². The normalized spacial score (nSPS) is 10.9. The summed E-state index contributed by atoms with van der Waals surface area (Å²) >= 11 is 0. The molecule has 0 saturated carbocycles. The number of nitrogens with zero attached hydrogens (tertiary/aromatic N) is 1. The SMILES string of the molecule is COc1ccccc1CC(=O)Nc1cncc(OS(=O)(=O)F)c1. The Morgan fingerprint density at radius 2 is 2.04 bits per heavy atom. The van der Waals surface area contributed by atoms with Crippen LogP contribution < -0.4 is 14.2 Å². The molecule has 1 aromatic carbocycles. The summed E-state index contributed by atoms with van der Waals surface area (Å²) in [6, 6.07) is 8.16. The number of rotatable bonds is 6. The van der Waals surface area contributed by atoms with Crippen LogP contribution in [0.25, 0.3) is 0 Å². The maximum Gasteiger partial charge on any atom is 0.488 e. The molecule has 1 heterocycles. The Bertz CT molecular complexity index is 810. The number of halogens is 1. The number of amides is 1. The van der Waals surface area contributed by atoms with Gasteiger partial charge >= 0.3 is 10.5 Å². The van der Waals surface area contributed by atoms with Gasteiger partial charge < -0.3 is 14.2 Å². The molecule has 0 unspecified atom stereocenters. The molecule has 23 heavy (non-hydrogen) atoms. The van der Waals surface area contributed by atoms with Crippen molar-refractivity contribution >= 4 is 22.1 Å². The Balaban J connectivity index is 2.07. The van der Waals surface area contributed by atoms with Gasteiger partial charge in [-0.15, -0.1) is 0 Å². The van der Waals surface area contributed by atoms with Crippen molar-refractivity contribution in [3.05, 3.63) is 48.3 Å². The van der Waals surface area contributed by atoms with E-state index in [0.29, 0.717) is 11.3 Å². The average Bonchev–Trinajstić information content (AvgIpc) is 2.46. The fraction of sp³-hybridized carbons (Fsp3) is 0.143. The molecule has 0 bridgehead atoms. The van der Waals surface area contributed by atoms with Gasteiger partial charge in [-0.25, -0.2) is 0 Å². The van der Waals surface area contributed by atoms with Gasteiger partial charge in [0, 0.05) is 11.6 Å². The fourth-order valence-electron chi connectivity index (χ4n) is 1.87. The summed E-state index contributed by atoms with van der Waals surface area (Å²) in [5, 5.41) is 2.51. The van der Waals surface area contributed by atoms with Gasteiger partial charge in [-0.1, -0.05) is 22.1 Å². The molecule has 122 valence electrons. The second-order valence-corrected chi connectivity index (χ2v) is 5.38. The van der Waals surface area contributed by atoms with E-state index in [2.05, 4.69) is 14.5 Å². The first-order valence-electron chi connectivity index (χ1n) is 6.38. The minimum Gasteiger partial charge on any atom is -0.496 e.